The molecule has 0 aliphatic carbocycles. The lowest BCUT2D eigenvalue weighted by Gasteiger charge is -2.16. The Kier molecular flexibility index (Phi) is 5.99. The molecule has 0 N–H and O–H groups in total. The van der Waals surface area contributed by atoms with Crippen molar-refractivity contribution in [1.82, 2.24) is 4.57 Å². The Morgan fingerprint density at radius 2 is 1.62 bits per heavy atom. The summed E-state index contributed by atoms with van der Waals surface area (Å²) in [6, 6.07) is 19.1. The average Bonchev–Trinajstić information content (AvgIpc) is 2.67. The average molecular weight is 407 g/mol. The highest BCUT2D eigenvalue weighted by atomic mass is 32.1. The number of carbonyl (C=O) groups is 1. The molecule has 1 amide bonds. The molecule has 2 aromatic carbocycles. The normalized spacial score (nSPS) is 12.4. The van der Waals surface area contributed by atoms with Crippen molar-refractivity contribution in [3.05, 3.63) is 81.4 Å². The van der Waals surface area contributed by atoms with Crippen LogP contribution in [0.25, 0.3) is 16.1 Å². The molecule has 150 valence electrons. The number of hydrogen-bond donors (Lipinski definition) is 0. The van der Waals surface area contributed by atoms with Gasteiger partial charge in [0, 0.05) is 16.4 Å². The van der Waals surface area contributed by atoms with E-state index in [1.807, 2.05) is 75.4 Å². The second-order valence-corrected chi connectivity index (χ2v) is 9.32. The van der Waals surface area contributed by atoms with E-state index in [4.69, 9.17) is 0 Å². The second-order valence-electron chi connectivity index (χ2n) is 8.31. The minimum absolute atomic E-state index is 0.198. The SMILES string of the molecule is CC(C)c1ccccc1-n1c(=O)cc(-c2ccccc2)s/c1=N\C(=O)C(C)(C)C. The Balaban J connectivity index is 2.36. The second kappa shape index (κ2) is 8.29. The molecule has 0 unspecified atom stereocenters. The Morgan fingerprint density at radius 1 is 1.00 bits per heavy atom. The summed E-state index contributed by atoms with van der Waals surface area (Å²) in [5.74, 6) is -0.0304. The van der Waals surface area contributed by atoms with E-state index in [9.17, 15) is 9.59 Å². The molecule has 4 nitrogen and oxygen atoms in total. The molecular weight excluding hydrogens is 380 g/mol. The van der Waals surface area contributed by atoms with Gasteiger partial charge in [-0.1, -0.05) is 94.5 Å². The highest BCUT2D eigenvalue weighted by Crippen LogP contribution is 2.24. The summed E-state index contributed by atoms with van der Waals surface area (Å²) in [6.07, 6.45) is 0. The summed E-state index contributed by atoms with van der Waals surface area (Å²) in [5, 5.41) is 0. The third-order valence-electron chi connectivity index (χ3n) is 4.56. The van der Waals surface area contributed by atoms with Crippen molar-refractivity contribution in [2.45, 2.75) is 40.5 Å². The van der Waals surface area contributed by atoms with Gasteiger partial charge >= 0.3 is 0 Å². The monoisotopic (exact) mass is 406 g/mol. The number of amides is 1. The van der Waals surface area contributed by atoms with Gasteiger partial charge in [0.25, 0.3) is 11.5 Å². The van der Waals surface area contributed by atoms with E-state index in [2.05, 4.69) is 18.8 Å². The standard InChI is InChI=1S/C24H26N2O2S/c1-16(2)18-13-9-10-14-19(18)26-21(27)15-20(17-11-7-6-8-12-17)29-23(26)25-22(28)24(3,4)5/h6-16H,1-5H3/b25-23-. The van der Waals surface area contributed by atoms with Crippen molar-refractivity contribution < 1.29 is 4.79 Å². The van der Waals surface area contributed by atoms with Gasteiger partial charge in [0.2, 0.25) is 4.80 Å². The summed E-state index contributed by atoms with van der Waals surface area (Å²) in [7, 11) is 0. The minimum atomic E-state index is -0.631. The van der Waals surface area contributed by atoms with Crippen LogP contribution < -0.4 is 10.4 Å². The first-order chi connectivity index (χ1) is 13.7. The number of carbonyl (C=O) groups excluding carboxylic acids is 1. The fourth-order valence-electron chi connectivity index (χ4n) is 2.92. The van der Waals surface area contributed by atoms with Crippen LogP contribution in [-0.2, 0) is 4.79 Å². The zero-order valence-corrected chi connectivity index (χ0v) is 18.3. The maximum atomic E-state index is 13.2. The molecule has 0 aliphatic rings. The largest absolute Gasteiger partial charge is 0.272 e. The van der Waals surface area contributed by atoms with Crippen LogP contribution in [0.2, 0.25) is 0 Å². The highest BCUT2D eigenvalue weighted by molar-refractivity contribution is 7.12. The maximum Gasteiger partial charge on any atom is 0.258 e. The van der Waals surface area contributed by atoms with Gasteiger partial charge in [-0.15, -0.1) is 0 Å². The lowest BCUT2D eigenvalue weighted by atomic mass is 9.96. The van der Waals surface area contributed by atoms with Crippen molar-refractivity contribution in [1.29, 1.82) is 0 Å². The van der Waals surface area contributed by atoms with Crippen LogP contribution in [0.3, 0.4) is 0 Å². The van der Waals surface area contributed by atoms with Crippen molar-refractivity contribution in [2.75, 3.05) is 0 Å². The number of para-hydroxylation sites is 1. The van der Waals surface area contributed by atoms with E-state index < -0.39 is 5.41 Å². The Morgan fingerprint density at radius 3 is 2.24 bits per heavy atom. The molecule has 1 heterocycles. The third kappa shape index (κ3) is 4.62. The minimum Gasteiger partial charge on any atom is -0.272 e. The van der Waals surface area contributed by atoms with Gasteiger partial charge in [-0.2, -0.15) is 4.99 Å². The predicted molar refractivity (Wildman–Crippen MR) is 119 cm³/mol. The molecule has 3 aromatic rings. The van der Waals surface area contributed by atoms with Crippen LogP contribution in [0, 0.1) is 5.41 Å². The molecule has 0 bridgehead atoms. The highest BCUT2D eigenvalue weighted by Gasteiger charge is 2.22. The number of rotatable bonds is 3. The maximum absolute atomic E-state index is 13.2. The van der Waals surface area contributed by atoms with E-state index in [1.165, 1.54) is 11.3 Å². The van der Waals surface area contributed by atoms with Gasteiger partial charge in [-0.3, -0.25) is 14.2 Å². The van der Waals surface area contributed by atoms with Gasteiger partial charge in [0.15, 0.2) is 0 Å². The lowest BCUT2D eigenvalue weighted by Crippen LogP contribution is -2.33. The fourth-order valence-corrected chi connectivity index (χ4v) is 3.94. The summed E-state index contributed by atoms with van der Waals surface area (Å²) in [4.78, 5) is 31.5. The fraction of sp³-hybridized carbons (Fsp3) is 0.292. The van der Waals surface area contributed by atoms with Crippen LogP contribution >= 0.6 is 11.3 Å². The molecule has 0 saturated carbocycles. The van der Waals surface area contributed by atoms with Gasteiger partial charge < -0.3 is 0 Å². The number of aromatic nitrogens is 1. The Bertz CT molecular complexity index is 1150. The van der Waals surface area contributed by atoms with Gasteiger partial charge in [-0.25, -0.2) is 0 Å². The molecule has 0 radical (unpaired) electrons. The summed E-state index contributed by atoms with van der Waals surface area (Å²) in [5.41, 5.74) is 1.90. The zero-order chi connectivity index (χ0) is 21.2. The number of hydrogen-bond acceptors (Lipinski definition) is 3. The van der Waals surface area contributed by atoms with Gasteiger partial charge in [0.1, 0.15) is 0 Å². The van der Waals surface area contributed by atoms with Crippen LogP contribution in [0.1, 0.15) is 46.1 Å². The zero-order valence-electron chi connectivity index (χ0n) is 17.5. The summed E-state index contributed by atoms with van der Waals surface area (Å²) < 4.78 is 1.57. The van der Waals surface area contributed by atoms with Crippen LogP contribution in [0.15, 0.2) is 70.5 Å². The Hall–Kier alpha value is -2.79. The molecular formula is C24H26N2O2S. The number of nitrogens with zero attached hydrogens (tertiary/aromatic N) is 2. The van der Waals surface area contributed by atoms with E-state index in [-0.39, 0.29) is 17.4 Å². The van der Waals surface area contributed by atoms with Crippen molar-refractivity contribution in [3.63, 3.8) is 0 Å². The molecule has 0 saturated heterocycles. The van der Waals surface area contributed by atoms with Crippen molar-refractivity contribution >= 4 is 17.2 Å². The first-order valence-corrected chi connectivity index (χ1v) is 10.5. The Labute approximate surface area is 175 Å². The van der Waals surface area contributed by atoms with Gasteiger partial charge in [0.05, 0.1) is 5.69 Å². The predicted octanol–water partition coefficient (Wildman–Crippen LogP) is 5.16. The number of benzene rings is 2. The van der Waals surface area contributed by atoms with Crippen LogP contribution in [0.4, 0.5) is 0 Å². The molecule has 0 atom stereocenters. The molecule has 5 heteroatoms. The summed E-state index contributed by atoms with van der Waals surface area (Å²) >= 11 is 1.35. The first kappa shape index (κ1) is 20.9. The molecule has 29 heavy (non-hydrogen) atoms. The van der Waals surface area contributed by atoms with Crippen molar-refractivity contribution in [3.8, 4) is 16.1 Å². The molecule has 3 rings (SSSR count). The van der Waals surface area contributed by atoms with Gasteiger partial charge in [-0.05, 0) is 23.1 Å². The van der Waals surface area contributed by atoms with E-state index in [0.717, 1.165) is 21.7 Å². The van der Waals surface area contributed by atoms with E-state index >= 15 is 0 Å². The van der Waals surface area contributed by atoms with E-state index in [0.29, 0.717) is 4.80 Å². The van der Waals surface area contributed by atoms with Crippen molar-refractivity contribution in [2.24, 2.45) is 10.4 Å². The van der Waals surface area contributed by atoms with E-state index in [1.54, 1.807) is 10.6 Å². The summed E-state index contributed by atoms with van der Waals surface area (Å²) in [6.45, 7) is 9.66. The molecule has 0 fully saturated rings. The third-order valence-corrected chi connectivity index (χ3v) is 5.59. The topological polar surface area (TPSA) is 51.4 Å². The quantitative estimate of drug-likeness (QED) is 0.603. The molecule has 0 aliphatic heterocycles. The molecule has 1 aromatic heterocycles. The van der Waals surface area contributed by atoms with Crippen LogP contribution in [-0.4, -0.2) is 10.5 Å². The lowest BCUT2D eigenvalue weighted by molar-refractivity contribution is -0.125. The molecule has 0 spiro atoms. The first-order valence-electron chi connectivity index (χ1n) is 9.69. The van der Waals surface area contributed by atoms with Crippen LogP contribution in [0.5, 0.6) is 0 Å². The smallest absolute Gasteiger partial charge is 0.258 e.